The molecule has 0 aliphatic heterocycles. The van der Waals surface area contributed by atoms with Gasteiger partial charge in [-0.25, -0.2) is 5.43 Å². The van der Waals surface area contributed by atoms with Gasteiger partial charge in [0.1, 0.15) is 0 Å². The molecule has 5 nitrogen and oxygen atoms in total. The Morgan fingerprint density at radius 1 is 0.955 bits per heavy atom. The van der Waals surface area contributed by atoms with Gasteiger partial charge in [-0.05, 0) is 31.5 Å². The predicted molar refractivity (Wildman–Crippen MR) is 86.7 cm³/mol. The first kappa shape index (κ1) is 15.4. The van der Waals surface area contributed by atoms with E-state index in [0.717, 1.165) is 16.7 Å². The molecule has 112 valence electrons. The van der Waals surface area contributed by atoms with Gasteiger partial charge in [-0.3, -0.25) is 9.59 Å². The summed E-state index contributed by atoms with van der Waals surface area (Å²) in [5.74, 6) is -1.57. The number of nitrogens with one attached hydrogen (secondary N) is 2. The van der Waals surface area contributed by atoms with Gasteiger partial charge < -0.3 is 5.32 Å². The van der Waals surface area contributed by atoms with Crippen LogP contribution in [0.3, 0.4) is 0 Å². The first-order chi connectivity index (χ1) is 10.5. The van der Waals surface area contributed by atoms with E-state index in [1.54, 1.807) is 12.1 Å². The number of nitrogens with zero attached hydrogens (tertiary/aromatic N) is 1. The number of hydrogen-bond acceptors (Lipinski definition) is 3. The highest BCUT2D eigenvalue weighted by Gasteiger charge is 2.12. The summed E-state index contributed by atoms with van der Waals surface area (Å²) in [5, 5.41) is 6.28. The molecule has 2 aromatic carbocycles. The highest BCUT2D eigenvalue weighted by molar-refractivity contribution is 6.39. The molecule has 0 fully saturated rings. The molecule has 5 heteroatoms. The molecular weight excluding hydrogens is 278 g/mol. The van der Waals surface area contributed by atoms with Crippen LogP contribution in [-0.4, -0.2) is 18.0 Å². The summed E-state index contributed by atoms with van der Waals surface area (Å²) in [6, 6.07) is 14.8. The van der Waals surface area contributed by atoms with Crippen LogP contribution in [0, 0.1) is 13.8 Å². The van der Waals surface area contributed by atoms with E-state index in [1.807, 2.05) is 50.2 Å². The lowest BCUT2D eigenvalue weighted by molar-refractivity contribution is -0.136. The summed E-state index contributed by atoms with van der Waals surface area (Å²) in [7, 11) is 0. The van der Waals surface area contributed by atoms with Crippen molar-refractivity contribution < 1.29 is 9.59 Å². The highest BCUT2D eigenvalue weighted by atomic mass is 16.2. The summed E-state index contributed by atoms with van der Waals surface area (Å²) in [5.41, 5.74) is 5.77. The van der Waals surface area contributed by atoms with Gasteiger partial charge in [-0.15, -0.1) is 0 Å². The maximum Gasteiger partial charge on any atom is 0.329 e. The molecule has 0 saturated heterocycles. The second kappa shape index (κ2) is 7.17. The highest BCUT2D eigenvalue weighted by Crippen LogP contribution is 2.08. The lowest BCUT2D eigenvalue weighted by atomic mass is 10.2. The normalized spacial score (nSPS) is 10.5. The molecule has 0 radical (unpaired) electrons. The van der Waals surface area contributed by atoms with Crippen LogP contribution in [-0.2, 0) is 9.59 Å². The number of benzene rings is 2. The first-order valence-corrected chi connectivity index (χ1v) is 6.82. The summed E-state index contributed by atoms with van der Waals surface area (Å²) in [6.45, 7) is 3.91. The molecule has 0 heterocycles. The number of hydrazone groups is 1. The zero-order chi connectivity index (χ0) is 15.9. The van der Waals surface area contributed by atoms with Gasteiger partial charge in [0.25, 0.3) is 0 Å². The molecule has 22 heavy (non-hydrogen) atoms. The molecule has 2 amide bonds. The van der Waals surface area contributed by atoms with Crippen molar-refractivity contribution in [1.82, 2.24) is 5.43 Å². The summed E-state index contributed by atoms with van der Waals surface area (Å²) in [4.78, 5) is 23.3. The third kappa shape index (κ3) is 4.56. The van der Waals surface area contributed by atoms with Crippen LogP contribution in [0.15, 0.2) is 53.6 Å². The minimum Gasteiger partial charge on any atom is -0.318 e. The Hall–Kier alpha value is -2.95. The van der Waals surface area contributed by atoms with Crippen molar-refractivity contribution in [2.75, 3.05) is 5.32 Å². The Labute approximate surface area is 129 Å². The van der Waals surface area contributed by atoms with Gasteiger partial charge in [0.15, 0.2) is 0 Å². The average Bonchev–Trinajstić information content (AvgIpc) is 2.49. The Morgan fingerprint density at radius 3 is 2.36 bits per heavy atom. The van der Waals surface area contributed by atoms with Crippen molar-refractivity contribution in [3.8, 4) is 0 Å². The second-order valence-electron chi connectivity index (χ2n) is 4.93. The maximum atomic E-state index is 11.7. The molecule has 0 unspecified atom stereocenters. The molecule has 2 N–H and O–H groups in total. The second-order valence-corrected chi connectivity index (χ2v) is 4.93. The van der Waals surface area contributed by atoms with E-state index in [1.165, 1.54) is 6.21 Å². The smallest absolute Gasteiger partial charge is 0.318 e. The third-order valence-corrected chi connectivity index (χ3v) is 2.94. The van der Waals surface area contributed by atoms with E-state index in [2.05, 4.69) is 15.8 Å². The van der Waals surface area contributed by atoms with Crippen molar-refractivity contribution in [3.63, 3.8) is 0 Å². The van der Waals surface area contributed by atoms with Crippen LogP contribution >= 0.6 is 0 Å². The van der Waals surface area contributed by atoms with Gasteiger partial charge >= 0.3 is 11.8 Å². The fourth-order valence-corrected chi connectivity index (χ4v) is 1.79. The number of carbonyl (C=O) groups excluding carboxylic acids is 2. The molecule has 0 spiro atoms. The van der Waals surface area contributed by atoms with Gasteiger partial charge in [0.2, 0.25) is 0 Å². The summed E-state index contributed by atoms with van der Waals surface area (Å²) < 4.78 is 0. The van der Waals surface area contributed by atoms with Crippen LogP contribution in [0.1, 0.15) is 16.7 Å². The third-order valence-electron chi connectivity index (χ3n) is 2.94. The van der Waals surface area contributed by atoms with E-state index >= 15 is 0 Å². The van der Waals surface area contributed by atoms with Gasteiger partial charge in [0, 0.05) is 5.69 Å². The van der Waals surface area contributed by atoms with Gasteiger partial charge in [0.05, 0.1) is 6.21 Å². The number of amides is 2. The molecule has 0 aromatic heterocycles. The van der Waals surface area contributed by atoms with Gasteiger partial charge in [-0.2, -0.15) is 5.10 Å². The molecular formula is C17H17N3O2. The van der Waals surface area contributed by atoms with Crippen LogP contribution in [0.4, 0.5) is 5.69 Å². The van der Waals surface area contributed by atoms with Crippen molar-refractivity contribution in [3.05, 3.63) is 65.2 Å². The Bertz CT molecular complexity index is 706. The summed E-state index contributed by atoms with van der Waals surface area (Å²) in [6.07, 6.45) is 1.49. The maximum absolute atomic E-state index is 11.7. The molecule has 2 aromatic rings. The quantitative estimate of drug-likeness (QED) is 0.518. The molecule has 0 aliphatic rings. The fourth-order valence-electron chi connectivity index (χ4n) is 1.79. The van der Waals surface area contributed by atoms with Crippen LogP contribution in [0.2, 0.25) is 0 Å². The Morgan fingerprint density at radius 2 is 1.68 bits per heavy atom. The van der Waals surface area contributed by atoms with E-state index in [9.17, 15) is 9.59 Å². The lowest BCUT2D eigenvalue weighted by Gasteiger charge is -2.04. The van der Waals surface area contributed by atoms with Crippen molar-refractivity contribution in [2.24, 2.45) is 5.10 Å². The van der Waals surface area contributed by atoms with E-state index in [0.29, 0.717) is 5.69 Å². The number of anilines is 1. The van der Waals surface area contributed by atoms with Crippen molar-refractivity contribution >= 4 is 23.7 Å². The molecule has 0 aliphatic carbocycles. The first-order valence-electron chi connectivity index (χ1n) is 6.82. The number of aryl methyl sites for hydroxylation is 2. The van der Waals surface area contributed by atoms with E-state index in [-0.39, 0.29) is 0 Å². The Balaban J connectivity index is 1.89. The molecule has 0 bridgehead atoms. The average molecular weight is 295 g/mol. The van der Waals surface area contributed by atoms with E-state index < -0.39 is 11.8 Å². The van der Waals surface area contributed by atoms with Crippen LogP contribution in [0.5, 0.6) is 0 Å². The Kier molecular flexibility index (Phi) is 5.03. The monoisotopic (exact) mass is 295 g/mol. The molecule has 0 atom stereocenters. The summed E-state index contributed by atoms with van der Waals surface area (Å²) >= 11 is 0. The number of carbonyl (C=O) groups is 2. The fraction of sp³-hybridized carbons (Fsp3) is 0.118. The minimum atomic E-state index is -0.815. The standard InChI is InChI=1S/C17H17N3O2/c1-12-6-8-15(9-7-12)19-16(21)17(22)20-18-11-14-5-3-4-13(2)10-14/h3-11H,1-2H3,(H,19,21)(H,20,22)/b18-11+. The predicted octanol–water partition coefficient (Wildman–Crippen LogP) is 2.39. The molecule has 2 rings (SSSR count). The van der Waals surface area contributed by atoms with Gasteiger partial charge in [-0.1, -0.05) is 47.5 Å². The topological polar surface area (TPSA) is 70.6 Å². The number of rotatable bonds is 3. The largest absolute Gasteiger partial charge is 0.329 e. The van der Waals surface area contributed by atoms with Crippen LogP contribution < -0.4 is 10.7 Å². The van der Waals surface area contributed by atoms with Crippen LogP contribution in [0.25, 0.3) is 0 Å². The minimum absolute atomic E-state index is 0.563. The van der Waals surface area contributed by atoms with Crippen molar-refractivity contribution in [2.45, 2.75) is 13.8 Å². The molecule has 0 saturated carbocycles. The number of hydrogen-bond donors (Lipinski definition) is 2. The lowest BCUT2D eigenvalue weighted by Crippen LogP contribution is -2.32. The zero-order valence-electron chi connectivity index (χ0n) is 12.5. The van der Waals surface area contributed by atoms with E-state index in [4.69, 9.17) is 0 Å². The van der Waals surface area contributed by atoms with Crippen molar-refractivity contribution in [1.29, 1.82) is 0 Å². The zero-order valence-corrected chi connectivity index (χ0v) is 12.5. The SMILES string of the molecule is Cc1ccc(NC(=O)C(=O)N/N=C/c2cccc(C)c2)cc1.